The molecule has 2 aliphatic rings. The minimum absolute atomic E-state index is 0.0254. The quantitative estimate of drug-likeness (QED) is 0.0204. The predicted molar refractivity (Wildman–Crippen MR) is 497 cm³/mol. The molecular formula is C95H158N7O21P2S+. The fraction of sp³-hybridized carbons (Fsp3) is 0.789. The van der Waals surface area contributed by atoms with Gasteiger partial charge in [-0.1, -0.05) is 310 Å². The number of aromatic amines is 1. The number of hydrogen-bond donors (Lipinski definition) is 3. The molecule has 28 nitrogen and oxygen atoms in total. The molecule has 126 heavy (non-hydrogen) atoms. The molecule has 3 N–H and O–H groups in total. The van der Waals surface area contributed by atoms with Crippen LogP contribution in [0.15, 0.2) is 45.0 Å². The molecule has 4 heterocycles. The number of amides is 2. The molecule has 2 saturated heterocycles. The zero-order valence-corrected chi connectivity index (χ0v) is 80.2. The largest absolute Gasteiger partial charge is 0.694 e. The fourth-order valence-corrected chi connectivity index (χ4v) is 19.3. The number of unbranched alkanes of at least 4 members (excludes halogenated alkanes) is 45. The fourth-order valence-electron chi connectivity index (χ4n) is 15.7. The summed E-state index contributed by atoms with van der Waals surface area (Å²) < 4.78 is 89.2. The van der Waals surface area contributed by atoms with Crippen LogP contribution in [0.5, 0.6) is 17.2 Å². The standard InChI is InChI=1S/C95H157N7O21P2S/c1-8-11-14-17-20-23-26-29-32-35-38-41-44-47-50-53-64-114-81-69-78(70-82(115-65-54-51-48-45-42-39-36-33-30-27-24-21-18-15-12-9-2)91(81)117-66-55-52-49-46-43-40-37-34-31-28-25-22-19-16-13-10-3)93(108)100(7)63-67-116-89(105)59-57-86(104)97-85-60-62-101(94(109)98-85)87-71-79(122-90(106)58-56-77(5)103)84(121-87)75-119-125(113,126-68-61-96-6)123-80-72-88(120-83(80)74-118-124(111)112)102-73-76(4)92(107)99-95(102)110/h60,62,69-70,73,79-80,83-84,87-88H,8-59,61,63-68,71-72,74-75H2,1-5,7H3,(H2-,97,98,99,104,107,109,110,111,112)/p+1/t79?,80?,83-,84-,87-,88-,125?/m1/s1. The summed E-state index contributed by atoms with van der Waals surface area (Å²) in [5.74, 6) is -1.58. The van der Waals surface area contributed by atoms with Gasteiger partial charge in [0.15, 0.2) is 11.5 Å². The van der Waals surface area contributed by atoms with E-state index in [1.54, 1.807) is 19.2 Å². The van der Waals surface area contributed by atoms with Crippen molar-refractivity contribution in [3.05, 3.63) is 84.5 Å². The normalized spacial score (nSPS) is 16.8. The van der Waals surface area contributed by atoms with Gasteiger partial charge in [-0.2, -0.15) is 4.98 Å². The van der Waals surface area contributed by atoms with Gasteiger partial charge >= 0.3 is 38.4 Å². The Hall–Kier alpha value is -6.34. The zero-order valence-electron chi connectivity index (χ0n) is 77.5. The molecule has 714 valence electrons. The van der Waals surface area contributed by atoms with Gasteiger partial charge in [-0.05, 0) is 62.7 Å². The minimum Gasteiger partial charge on any atom is -0.490 e. The molecule has 31 heteroatoms. The van der Waals surface area contributed by atoms with Gasteiger partial charge in [-0.15, -0.1) is 9.42 Å². The van der Waals surface area contributed by atoms with Crippen LogP contribution in [-0.2, 0) is 60.8 Å². The van der Waals surface area contributed by atoms with Gasteiger partial charge in [-0.3, -0.25) is 47.1 Å². The number of rotatable bonds is 79. The summed E-state index contributed by atoms with van der Waals surface area (Å²) >= 11 is 0.639. The van der Waals surface area contributed by atoms with E-state index >= 15 is 0 Å². The number of nitrogens with zero attached hydrogens (tertiary/aromatic N) is 5. The number of ketones is 1. The van der Waals surface area contributed by atoms with E-state index in [9.17, 15) is 52.4 Å². The number of likely N-dealkylation sites (N-methyl/N-ethyl adjacent to an activating group) is 1. The molecule has 2 aromatic heterocycles. The van der Waals surface area contributed by atoms with E-state index in [2.05, 4.69) is 40.9 Å². The summed E-state index contributed by atoms with van der Waals surface area (Å²) in [6.07, 6.45) is 54.4. The van der Waals surface area contributed by atoms with Crippen molar-refractivity contribution in [3.8, 4) is 17.2 Å². The second-order valence-electron chi connectivity index (χ2n) is 34.3. The lowest BCUT2D eigenvalue weighted by atomic mass is 10.0. The van der Waals surface area contributed by atoms with E-state index in [0.29, 0.717) is 54.0 Å². The molecule has 3 aromatic rings. The average molecular weight is 1830 g/mol. The van der Waals surface area contributed by atoms with Crippen molar-refractivity contribution in [1.82, 2.24) is 24.0 Å². The third-order valence-electron chi connectivity index (χ3n) is 23.3. The highest BCUT2D eigenvalue weighted by Crippen LogP contribution is 2.63. The number of Topliss-reactive ketones (excluding diaryl/α,β-unsaturated/α-hetero) is 1. The smallest absolute Gasteiger partial charge is 0.490 e. The Bertz CT molecular complexity index is 3760. The van der Waals surface area contributed by atoms with E-state index in [1.807, 2.05) is 0 Å². The summed E-state index contributed by atoms with van der Waals surface area (Å²) in [5.41, 5.74) is -1.89. The maximum atomic E-state index is 14.8. The maximum Gasteiger partial charge on any atom is 0.694 e. The van der Waals surface area contributed by atoms with Crippen LogP contribution in [-0.4, -0.2) is 148 Å². The van der Waals surface area contributed by atoms with Gasteiger partial charge in [0.1, 0.15) is 61.7 Å². The first kappa shape index (κ1) is 110. The van der Waals surface area contributed by atoms with Crippen molar-refractivity contribution in [3.63, 3.8) is 0 Å². The summed E-state index contributed by atoms with van der Waals surface area (Å²) in [4.78, 5) is 126. The number of H-pyrrole nitrogens is 1. The zero-order chi connectivity index (χ0) is 91.0. The second-order valence-corrected chi connectivity index (χ2v) is 39.2. The van der Waals surface area contributed by atoms with Gasteiger partial charge in [0.05, 0.1) is 51.6 Å². The van der Waals surface area contributed by atoms with Crippen LogP contribution in [0.1, 0.15) is 403 Å². The molecule has 8 atom stereocenters. The van der Waals surface area contributed by atoms with E-state index in [4.69, 9.17) is 53.3 Å². The van der Waals surface area contributed by atoms with Crippen molar-refractivity contribution >= 4 is 61.8 Å². The van der Waals surface area contributed by atoms with Crippen LogP contribution in [0.4, 0.5) is 5.82 Å². The van der Waals surface area contributed by atoms with Crippen molar-refractivity contribution in [2.75, 3.05) is 70.8 Å². The van der Waals surface area contributed by atoms with E-state index in [1.165, 1.54) is 288 Å². The van der Waals surface area contributed by atoms with Crippen molar-refractivity contribution in [2.45, 2.75) is 418 Å². The van der Waals surface area contributed by atoms with Crippen molar-refractivity contribution in [2.24, 2.45) is 0 Å². The van der Waals surface area contributed by atoms with Gasteiger partial charge in [0.2, 0.25) is 18.2 Å². The monoisotopic (exact) mass is 1830 g/mol. The highest BCUT2D eigenvalue weighted by Gasteiger charge is 2.47. The van der Waals surface area contributed by atoms with Gasteiger partial charge in [-0.25, -0.2) is 20.7 Å². The first-order valence-electron chi connectivity index (χ1n) is 48.6. The number of carbonyl (C=O) groups excluding carboxylic acids is 5. The molecule has 1 aromatic carbocycles. The highest BCUT2D eigenvalue weighted by atomic mass is 32.7. The molecule has 5 rings (SSSR count). The second kappa shape index (κ2) is 68.7. The van der Waals surface area contributed by atoms with Crippen molar-refractivity contribution in [1.29, 1.82) is 0 Å². The number of anilines is 1. The number of carbonyl (C=O) groups is 5. The number of esters is 2. The van der Waals surface area contributed by atoms with Crippen LogP contribution >= 0.6 is 26.4 Å². The molecule has 2 aliphatic heterocycles. The predicted octanol–water partition coefficient (Wildman–Crippen LogP) is 22.7. The molecule has 0 aliphatic carbocycles. The average Bonchev–Trinajstić information content (AvgIpc) is 1.45. The summed E-state index contributed by atoms with van der Waals surface area (Å²) in [6.45, 7) is 12.4. The lowest BCUT2D eigenvalue weighted by molar-refractivity contribution is -0.153. The number of nitrogens with one attached hydrogen (secondary N) is 2. The molecule has 0 radical (unpaired) electrons. The molecule has 0 saturated carbocycles. The molecule has 2 amide bonds. The molecule has 4 unspecified atom stereocenters. The number of ether oxygens (including phenoxy) is 7. The third-order valence-corrected chi connectivity index (χ3v) is 27.4. The Morgan fingerprint density at radius 2 is 1.02 bits per heavy atom. The molecule has 2 fully saturated rings. The van der Waals surface area contributed by atoms with Crippen LogP contribution in [0, 0.1) is 13.5 Å². The maximum absolute atomic E-state index is 14.8. The Morgan fingerprint density at radius 1 is 0.595 bits per heavy atom. The number of aromatic nitrogens is 4. The van der Waals surface area contributed by atoms with Crippen LogP contribution in [0.2, 0.25) is 0 Å². The summed E-state index contributed by atoms with van der Waals surface area (Å²) in [5, 5.41) is 2.53. The van der Waals surface area contributed by atoms with Gasteiger partial charge < -0.3 is 53.0 Å². The topological polar surface area (TPSA) is 341 Å². The Labute approximate surface area is 757 Å². The van der Waals surface area contributed by atoms with Gasteiger partial charge in [0, 0.05) is 60.8 Å². The van der Waals surface area contributed by atoms with Crippen LogP contribution in [0.25, 0.3) is 4.85 Å². The summed E-state index contributed by atoms with van der Waals surface area (Å²) in [7, 11) is -1.52. The lowest BCUT2D eigenvalue weighted by Crippen LogP contribution is -2.33. The summed E-state index contributed by atoms with van der Waals surface area (Å²) in [6, 6.07) is 4.82. The Morgan fingerprint density at radius 3 is 1.47 bits per heavy atom. The first-order chi connectivity index (χ1) is 61.2. The van der Waals surface area contributed by atoms with Gasteiger partial charge in [0.25, 0.3) is 11.5 Å². The molecule has 0 bridgehead atoms. The molecular weight excluding hydrogens is 1670 g/mol. The lowest BCUT2D eigenvalue weighted by Gasteiger charge is -2.25. The first-order valence-corrected chi connectivity index (χ1v) is 52.8. The van der Waals surface area contributed by atoms with E-state index in [0.717, 1.165) is 66.9 Å². The van der Waals surface area contributed by atoms with Crippen LogP contribution < -0.4 is 36.5 Å². The highest BCUT2D eigenvalue weighted by molar-refractivity contribution is 8.55. The number of aryl methyl sites for hydroxylation is 1. The Kier molecular flexibility index (Phi) is 60.1. The third kappa shape index (κ3) is 48.5. The number of hydrogen-bond acceptors (Lipinski definition) is 22. The SMILES string of the molecule is [C-]#[N+]CCSP(=O)(OC[C@H]1O[C@@H](n2ccc(NC(=O)CCC(=O)OCCN(C)C(=O)c3cc(OCCCCCCCCCCCCCCCCCC)c(OCCCCCCCCCCCCCCCCCC)c(OCCCCCCCCCCCCCCCCCC)c3)nc2=O)CC1OC(=O)CCC(C)=O)OC1C[C@H](n2cc(C)c(=O)[nH]c2=O)O[C@@H]1CO[P+](=O)O. The van der Waals surface area contributed by atoms with E-state index in [-0.39, 0.29) is 87.0 Å². The minimum atomic E-state index is -4.45. The Balaban J connectivity index is 1.20. The van der Waals surface area contributed by atoms with Crippen LogP contribution in [0.3, 0.4) is 0 Å². The van der Waals surface area contributed by atoms with E-state index < -0.39 is 99.9 Å². The molecule has 0 spiro atoms. The number of benzene rings is 1. The van der Waals surface area contributed by atoms with Crippen molar-refractivity contribution < 1.29 is 84.7 Å².